The number of likely N-dealkylation sites (N-methyl/N-ethyl adjacent to an activating group) is 8. The molecule has 4 aromatic rings. The highest BCUT2D eigenvalue weighted by atomic mass is 16.2. The number of hydrogen-bond donors (Lipinski definition) is 6. The molecule has 0 bridgehead atoms. The van der Waals surface area contributed by atoms with Gasteiger partial charge in [-0.25, -0.2) is 9.97 Å². The molecule has 6 N–H and O–H groups in total. The summed E-state index contributed by atoms with van der Waals surface area (Å²) in [5.74, 6) is -11.2. The van der Waals surface area contributed by atoms with E-state index in [1.165, 1.54) is 93.2 Å². The molecule has 4 heterocycles. The number of Topliss-reactive ketones (excluding diaryl/α,β-unsaturated/α-hetero) is 1. The molecule has 11 atom stereocenters. The Morgan fingerprint density at radius 3 is 1.57 bits per heavy atom. The Morgan fingerprint density at radius 2 is 1.03 bits per heavy atom. The molecule has 0 spiro atoms. The number of rotatable bonds is 22. The van der Waals surface area contributed by atoms with Crippen LogP contribution in [0, 0.1) is 54.3 Å². The summed E-state index contributed by atoms with van der Waals surface area (Å²) in [6.07, 6.45) is 9.50. The van der Waals surface area contributed by atoms with Gasteiger partial charge >= 0.3 is 0 Å². The molecule has 0 radical (unpaired) electrons. The van der Waals surface area contributed by atoms with Crippen molar-refractivity contribution in [1.82, 2.24) is 80.3 Å². The van der Waals surface area contributed by atoms with E-state index in [0.717, 1.165) is 65.0 Å². The number of piperazine rings is 1. The quantitative estimate of drug-likeness (QED) is 0.0318. The number of ketones is 1. The normalized spacial score (nSPS) is 22.7. The zero-order chi connectivity index (χ0) is 92.5. The molecule has 12 amide bonds. The number of nitrogens with zero attached hydrogens (tertiary/aromatic N) is 12. The summed E-state index contributed by atoms with van der Waals surface area (Å²) < 4.78 is 0. The number of benzene rings is 2. The lowest BCUT2D eigenvalue weighted by Gasteiger charge is -2.41. The molecular weight excluding hydrogens is 1570 g/mol. The third-order valence-electron chi connectivity index (χ3n) is 22.6. The summed E-state index contributed by atoms with van der Waals surface area (Å²) in [4.78, 5) is 214. The van der Waals surface area contributed by atoms with Gasteiger partial charge in [-0.1, -0.05) is 134 Å². The number of amides is 12. The molecule has 6 rings (SSSR count). The number of allylic oxidation sites excluding steroid dienone is 2. The summed E-state index contributed by atoms with van der Waals surface area (Å²) in [6.45, 7) is 38.0. The van der Waals surface area contributed by atoms with E-state index in [1.807, 2.05) is 123 Å². The number of carbonyl (C=O) groups is 13. The standard InChI is InChI=1S/C63H111N11O12.C29H31N7O/c1-26-27-28-41(16)53(76)52-57(80)67-49(38(10)11)61(84)68(19)33-48(75)69(20)44(29-34(2)3)56(79)66-50(39(12)13)62(85)70(21)45(30-35(4)5)55(78)64-42(17)54(77)65-43(18)58(81)71(22)46(31-36(6)7)59(82)72(23)47(32-37(8)9)60(83)73(24)51(40(14)15)63(86)74(52)25;1-21-5-10-25(18-27(21)34-29-31-13-11-26(33-29)24-4-3-12-30-19-24)32-28(37)23-8-6-22(7-9-23)20-36-16-14-35(2)15-17-36/h26-27,34-47,49-52H,28-33H2,1-25H3,(H,64,78)(H,65,77)(H,66,79)(H,67,80);3-13,18-19H,14-17,20H2,1-2H3,(H,32,37)(H,31,33,34)/b27-26+;/t41-,42+,43-,44+,45+,46+,47+,49+,50+,51+,52+;/m1./s1. The number of hydrogen-bond acceptors (Lipinski definition) is 19. The van der Waals surface area contributed by atoms with E-state index in [1.54, 1.807) is 86.1 Å². The van der Waals surface area contributed by atoms with Crippen LogP contribution in [0.5, 0.6) is 0 Å². The summed E-state index contributed by atoms with van der Waals surface area (Å²) in [5.41, 5.74) is 6.08. The van der Waals surface area contributed by atoms with Crippen molar-refractivity contribution in [3.05, 3.63) is 108 Å². The minimum atomic E-state index is -1.82. The Kier molecular flexibility index (Phi) is 40.1. The Morgan fingerprint density at radius 1 is 0.520 bits per heavy atom. The van der Waals surface area contributed by atoms with E-state index in [-0.39, 0.29) is 61.7 Å². The Balaban J connectivity index is 0.000000593. The van der Waals surface area contributed by atoms with Crippen LogP contribution in [0.15, 0.2) is 91.4 Å². The molecule has 2 fully saturated rings. The first kappa shape index (κ1) is 103. The minimum absolute atomic E-state index is 0.128. The van der Waals surface area contributed by atoms with Crippen LogP contribution in [0.4, 0.5) is 17.3 Å². The molecule has 2 aliphatic heterocycles. The van der Waals surface area contributed by atoms with Crippen LogP contribution >= 0.6 is 0 Å². The smallest absolute Gasteiger partial charge is 0.255 e. The molecule has 123 heavy (non-hydrogen) atoms. The van der Waals surface area contributed by atoms with Gasteiger partial charge in [-0.15, -0.1) is 0 Å². The van der Waals surface area contributed by atoms with Gasteiger partial charge in [0, 0.05) is 129 Å². The van der Waals surface area contributed by atoms with E-state index in [2.05, 4.69) is 63.7 Å². The van der Waals surface area contributed by atoms with Crippen molar-refractivity contribution < 1.29 is 62.3 Å². The van der Waals surface area contributed by atoms with Gasteiger partial charge in [-0.05, 0) is 162 Å². The monoisotopic (exact) mass is 1710 g/mol. The average Bonchev–Trinajstić information content (AvgIpc) is 0.803. The van der Waals surface area contributed by atoms with Gasteiger partial charge in [-0.2, -0.15) is 0 Å². The van der Waals surface area contributed by atoms with Crippen molar-refractivity contribution in [2.45, 2.75) is 231 Å². The summed E-state index contributed by atoms with van der Waals surface area (Å²) in [6, 6.07) is 6.58. The average molecular weight is 1710 g/mol. The maximum atomic E-state index is 15.2. The van der Waals surface area contributed by atoms with E-state index >= 15 is 9.59 Å². The van der Waals surface area contributed by atoms with Crippen molar-refractivity contribution in [3.8, 4) is 11.3 Å². The number of anilines is 3. The largest absolute Gasteiger partial charge is 0.343 e. The van der Waals surface area contributed by atoms with Crippen LogP contribution in [0.1, 0.15) is 178 Å². The van der Waals surface area contributed by atoms with Crippen molar-refractivity contribution in [3.63, 3.8) is 0 Å². The summed E-state index contributed by atoms with van der Waals surface area (Å²) in [7, 11) is 12.0. The maximum Gasteiger partial charge on any atom is 0.255 e. The second-order valence-corrected chi connectivity index (χ2v) is 36.0. The Bertz CT molecular complexity index is 4280. The summed E-state index contributed by atoms with van der Waals surface area (Å²) in [5, 5.41) is 17.3. The lowest BCUT2D eigenvalue weighted by molar-refractivity contribution is -0.157. The highest BCUT2D eigenvalue weighted by Gasteiger charge is 2.46. The van der Waals surface area contributed by atoms with Crippen LogP contribution in [0.2, 0.25) is 0 Å². The Hall–Kier alpha value is -10.6. The number of aryl methyl sites for hydroxylation is 1. The highest BCUT2D eigenvalue weighted by molar-refractivity contribution is 6.10. The third kappa shape index (κ3) is 29.6. The fourth-order valence-electron chi connectivity index (χ4n) is 14.9. The number of pyridine rings is 1. The van der Waals surface area contributed by atoms with Crippen LogP contribution in [0.3, 0.4) is 0 Å². The fourth-order valence-corrected chi connectivity index (χ4v) is 14.9. The minimum Gasteiger partial charge on any atom is -0.343 e. The van der Waals surface area contributed by atoms with Gasteiger partial charge in [-0.3, -0.25) is 72.2 Å². The van der Waals surface area contributed by atoms with E-state index in [4.69, 9.17) is 0 Å². The molecular formula is C92H142N18O13. The molecule has 2 aromatic carbocycles. The number of aromatic nitrogens is 3. The number of carbonyl (C=O) groups excluding carboxylic acids is 13. The molecule has 2 saturated heterocycles. The maximum absolute atomic E-state index is 15.2. The molecule has 0 saturated carbocycles. The first-order valence-electron chi connectivity index (χ1n) is 43.2. The second kappa shape index (κ2) is 47.9. The topological polar surface area (TPSA) is 362 Å². The third-order valence-corrected chi connectivity index (χ3v) is 22.6. The Labute approximate surface area is 730 Å². The predicted molar refractivity (Wildman–Crippen MR) is 479 cm³/mol. The predicted octanol–water partition coefficient (Wildman–Crippen LogP) is 8.31. The zero-order valence-corrected chi connectivity index (χ0v) is 78.0. The lowest BCUT2D eigenvalue weighted by Crippen LogP contribution is -2.63. The molecule has 0 aliphatic carbocycles. The molecule has 678 valence electrons. The van der Waals surface area contributed by atoms with Crippen LogP contribution in [-0.2, 0) is 64.1 Å². The van der Waals surface area contributed by atoms with Crippen molar-refractivity contribution in [2.75, 3.05) is 99.7 Å². The SMILES string of the molecule is C/C=C/C[C@@H](C)C(=O)[C@H]1C(=O)N[C@@H](C(C)C)C(=O)N(C)CC(=O)N(C)[C@@H](CC(C)C)C(=O)N[C@@H](C(C)C)C(=O)N(C)[C@@H](CC(C)C)C(=O)N[C@@H](C)C(=O)N[C@H](C)C(=O)N(C)[C@@H](CC(C)C)C(=O)N(C)[C@@H](CC(C)C)C(=O)N(C)[C@@H](C(C)C)C(=O)N1C.Cc1ccc(NC(=O)c2ccc(CN3CCN(C)CC3)cc2)cc1Nc1nccc(-c2cccnc2)n1. The van der Waals surface area contributed by atoms with E-state index in [9.17, 15) is 52.7 Å². The molecule has 31 heteroatoms. The van der Waals surface area contributed by atoms with E-state index < -0.39 is 161 Å². The van der Waals surface area contributed by atoms with Crippen molar-refractivity contribution in [2.24, 2.45) is 47.3 Å². The number of nitrogens with one attached hydrogen (secondary N) is 6. The van der Waals surface area contributed by atoms with Crippen LogP contribution < -0.4 is 31.9 Å². The second-order valence-electron chi connectivity index (χ2n) is 36.0. The summed E-state index contributed by atoms with van der Waals surface area (Å²) >= 11 is 0. The molecule has 31 nitrogen and oxygen atoms in total. The van der Waals surface area contributed by atoms with Gasteiger partial charge in [0.05, 0.1) is 12.2 Å². The first-order valence-corrected chi connectivity index (χ1v) is 43.2. The van der Waals surface area contributed by atoms with E-state index in [0.29, 0.717) is 17.2 Å². The molecule has 2 aromatic heterocycles. The van der Waals surface area contributed by atoms with Gasteiger partial charge in [0.2, 0.25) is 65.0 Å². The zero-order valence-electron chi connectivity index (χ0n) is 78.0. The fraction of sp³-hybridized carbons (Fsp3) is 0.609. The van der Waals surface area contributed by atoms with Crippen LogP contribution in [0.25, 0.3) is 11.3 Å². The molecule has 0 unspecified atom stereocenters. The van der Waals surface area contributed by atoms with Crippen molar-refractivity contribution in [1.29, 1.82) is 0 Å². The highest BCUT2D eigenvalue weighted by Crippen LogP contribution is 2.29. The van der Waals surface area contributed by atoms with Gasteiger partial charge in [0.15, 0.2) is 11.8 Å². The van der Waals surface area contributed by atoms with Crippen LogP contribution in [-0.4, -0.2) is 285 Å². The van der Waals surface area contributed by atoms with Crippen molar-refractivity contribution >= 4 is 94.0 Å². The van der Waals surface area contributed by atoms with Gasteiger partial charge in [0.25, 0.3) is 11.8 Å². The molecule has 2 aliphatic rings. The van der Waals surface area contributed by atoms with Gasteiger partial charge < -0.3 is 71.1 Å². The first-order chi connectivity index (χ1) is 57.6. The van der Waals surface area contributed by atoms with Gasteiger partial charge in [0.1, 0.15) is 54.4 Å². The lowest BCUT2D eigenvalue weighted by atomic mass is 9.92.